The predicted molar refractivity (Wildman–Crippen MR) is 71.4 cm³/mol. The van der Waals surface area contributed by atoms with E-state index in [2.05, 4.69) is 5.32 Å². The Bertz CT molecular complexity index is 603. The number of rotatable bonds is 3. The fourth-order valence-corrected chi connectivity index (χ4v) is 3.19. The number of hydrogen-bond donors (Lipinski definition) is 1. The number of thiophene rings is 1. The Labute approximate surface area is 118 Å². The number of benzene rings is 1. The molecule has 0 aliphatic rings. The van der Waals surface area contributed by atoms with Crippen molar-refractivity contribution in [1.82, 2.24) is 5.32 Å². The molecule has 2 rings (SSSR count). The third-order valence-corrected chi connectivity index (χ3v) is 4.17. The second-order valence-electron chi connectivity index (χ2n) is 4.42. The van der Waals surface area contributed by atoms with Crippen LogP contribution >= 0.6 is 11.3 Å². The molecule has 0 saturated carbocycles. The Balaban J connectivity index is 2.60. The van der Waals surface area contributed by atoms with Crippen molar-refractivity contribution in [1.29, 1.82) is 0 Å². The quantitative estimate of drug-likeness (QED) is 0.822. The lowest BCUT2D eigenvalue weighted by Crippen LogP contribution is -2.22. The van der Waals surface area contributed by atoms with Crippen LogP contribution in [-0.4, -0.2) is 7.05 Å². The zero-order valence-electron chi connectivity index (χ0n) is 10.9. The molecule has 0 aliphatic carbocycles. The van der Waals surface area contributed by atoms with Gasteiger partial charge in [0.05, 0.1) is 11.6 Å². The summed E-state index contributed by atoms with van der Waals surface area (Å²) in [6.45, 7) is 1.82. The van der Waals surface area contributed by atoms with Crippen molar-refractivity contribution in [2.24, 2.45) is 0 Å². The van der Waals surface area contributed by atoms with Gasteiger partial charge in [0.25, 0.3) is 0 Å². The molecule has 0 spiro atoms. The van der Waals surface area contributed by atoms with Gasteiger partial charge in [-0.1, -0.05) is 0 Å². The zero-order chi connectivity index (χ0) is 14.9. The first-order chi connectivity index (χ1) is 9.34. The number of aryl methyl sites for hydroxylation is 1. The smallest absolute Gasteiger partial charge is 0.309 e. The van der Waals surface area contributed by atoms with Gasteiger partial charge in [-0.2, -0.15) is 13.2 Å². The molecule has 2 aromatic rings. The molecule has 1 aromatic heterocycles. The number of hydrogen-bond acceptors (Lipinski definition) is 2. The summed E-state index contributed by atoms with van der Waals surface area (Å²) in [4.78, 5) is 0.753. The minimum Gasteiger partial charge on any atom is -0.309 e. The highest BCUT2D eigenvalue weighted by Crippen LogP contribution is 2.38. The predicted octanol–water partition coefficient (Wildman–Crippen LogP) is 4.52. The summed E-state index contributed by atoms with van der Waals surface area (Å²) in [5, 5.41) is 4.65. The van der Waals surface area contributed by atoms with Crippen LogP contribution in [0.3, 0.4) is 0 Å². The zero-order valence-corrected chi connectivity index (χ0v) is 11.7. The molecule has 0 fully saturated rings. The molecule has 1 N–H and O–H groups in total. The van der Waals surface area contributed by atoms with Gasteiger partial charge in [-0.05, 0) is 54.7 Å². The molecule has 20 heavy (non-hydrogen) atoms. The number of halogens is 4. The van der Waals surface area contributed by atoms with Crippen molar-refractivity contribution in [3.8, 4) is 0 Å². The highest BCUT2D eigenvalue weighted by atomic mass is 32.1. The maximum Gasteiger partial charge on any atom is 0.416 e. The third kappa shape index (κ3) is 2.86. The molecule has 1 heterocycles. The molecule has 1 unspecified atom stereocenters. The molecule has 0 radical (unpaired) electrons. The summed E-state index contributed by atoms with van der Waals surface area (Å²) in [5.74, 6) is -0.678. The molecule has 108 valence electrons. The van der Waals surface area contributed by atoms with Gasteiger partial charge >= 0.3 is 6.18 Å². The van der Waals surface area contributed by atoms with E-state index in [0.29, 0.717) is 0 Å². The van der Waals surface area contributed by atoms with Gasteiger partial charge in [0.2, 0.25) is 0 Å². The van der Waals surface area contributed by atoms with E-state index >= 15 is 0 Å². The highest BCUT2D eigenvalue weighted by molar-refractivity contribution is 7.10. The van der Waals surface area contributed by atoms with Gasteiger partial charge in [-0.15, -0.1) is 11.3 Å². The Hall–Kier alpha value is -1.40. The third-order valence-electron chi connectivity index (χ3n) is 3.08. The van der Waals surface area contributed by atoms with E-state index in [1.165, 1.54) is 11.3 Å². The summed E-state index contributed by atoms with van der Waals surface area (Å²) in [6, 6.07) is 3.72. The van der Waals surface area contributed by atoms with Gasteiger partial charge in [-0.25, -0.2) is 4.39 Å². The molecule has 6 heteroatoms. The lowest BCUT2D eigenvalue weighted by molar-refractivity contribution is -0.138. The summed E-state index contributed by atoms with van der Waals surface area (Å²) in [5.41, 5.74) is -0.0247. The molecule has 1 atom stereocenters. The second-order valence-corrected chi connectivity index (χ2v) is 5.37. The maximum atomic E-state index is 13.4. The monoisotopic (exact) mass is 303 g/mol. The van der Waals surface area contributed by atoms with Crippen LogP contribution in [0.25, 0.3) is 0 Å². The van der Waals surface area contributed by atoms with E-state index < -0.39 is 23.6 Å². The van der Waals surface area contributed by atoms with Crippen LogP contribution in [0.15, 0.2) is 29.6 Å². The molecule has 0 aliphatic heterocycles. The molecule has 1 aromatic carbocycles. The van der Waals surface area contributed by atoms with E-state index in [4.69, 9.17) is 0 Å². The largest absolute Gasteiger partial charge is 0.416 e. The summed E-state index contributed by atoms with van der Waals surface area (Å²) in [6.07, 6.45) is -4.51. The van der Waals surface area contributed by atoms with Gasteiger partial charge in [0.1, 0.15) is 5.82 Å². The molecule has 0 bridgehead atoms. The van der Waals surface area contributed by atoms with E-state index in [-0.39, 0.29) is 5.56 Å². The normalized spacial score (nSPS) is 13.5. The van der Waals surface area contributed by atoms with Gasteiger partial charge in [0.15, 0.2) is 0 Å². The van der Waals surface area contributed by atoms with E-state index in [9.17, 15) is 17.6 Å². The van der Waals surface area contributed by atoms with Crippen molar-refractivity contribution < 1.29 is 17.6 Å². The van der Waals surface area contributed by atoms with Crippen molar-refractivity contribution >= 4 is 11.3 Å². The van der Waals surface area contributed by atoms with Crippen molar-refractivity contribution in [2.75, 3.05) is 7.05 Å². The highest BCUT2D eigenvalue weighted by Gasteiger charge is 2.36. The van der Waals surface area contributed by atoms with E-state index in [0.717, 1.165) is 28.6 Å². The lowest BCUT2D eigenvalue weighted by Gasteiger charge is -2.21. The van der Waals surface area contributed by atoms with Crippen molar-refractivity contribution in [2.45, 2.75) is 19.1 Å². The Morgan fingerprint density at radius 3 is 2.40 bits per heavy atom. The van der Waals surface area contributed by atoms with E-state index in [1.54, 1.807) is 7.05 Å². The molecular weight excluding hydrogens is 290 g/mol. The molecule has 0 amide bonds. The van der Waals surface area contributed by atoms with Crippen LogP contribution in [0.4, 0.5) is 17.6 Å². The molecular formula is C14H13F4NS. The fourth-order valence-electron chi connectivity index (χ4n) is 2.14. The average molecular weight is 303 g/mol. The van der Waals surface area contributed by atoms with Gasteiger partial charge in [-0.3, -0.25) is 0 Å². The summed E-state index contributed by atoms with van der Waals surface area (Å²) in [7, 11) is 1.56. The van der Waals surface area contributed by atoms with Crippen LogP contribution < -0.4 is 5.32 Å². The molecule has 0 saturated heterocycles. The first kappa shape index (κ1) is 15.0. The first-order valence-corrected chi connectivity index (χ1v) is 6.80. The van der Waals surface area contributed by atoms with Crippen LogP contribution in [0.2, 0.25) is 0 Å². The van der Waals surface area contributed by atoms with Crippen LogP contribution in [0.5, 0.6) is 0 Å². The Morgan fingerprint density at radius 2 is 1.90 bits per heavy atom. The number of alkyl halides is 3. The second kappa shape index (κ2) is 5.54. The van der Waals surface area contributed by atoms with Crippen LogP contribution in [0, 0.1) is 12.7 Å². The Kier molecular flexibility index (Phi) is 4.15. The Morgan fingerprint density at radius 1 is 1.20 bits per heavy atom. The SMILES string of the molecule is CNC(c1cc(F)ccc1C(F)(F)F)c1sccc1C. The minimum absolute atomic E-state index is 0.0921. The first-order valence-electron chi connectivity index (χ1n) is 5.92. The lowest BCUT2D eigenvalue weighted by atomic mass is 9.97. The fraction of sp³-hybridized carbons (Fsp3) is 0.286. The summed E-state index contributed by atoms with van der Waals surface area (Å²) < 4.78 is 52.6. The van der Waals surface area contributed by atoms with Gasteiger partial charge < -0.3 is 5.32 Å². The van der Waals surface area contributed by atoms with Crippen LogP contribution in [-0.2, 0) is 6.18 Å². The van der Waals surface area contributed by atoms with Crippen molar-refractivity contribution in [3.63, 3.8) is 0 Å². The molecule has 1 nitrogen and oxygen atoms in total. The van der Waals surface area contributed by atoms with Gasteiger partial charge in [0, 0.05) is 4.88 Å². The average Bonchev–Trinajstić information content (AvgIpc) is 2.75. The summed E-state index contributed by atoms with van der Waals surface area (Å²) >= 11 is 1.35. The minimum atomic E-state index is -4.51. The number of nitrogens with one attached hydrogen (secondary N) is 1. The maximum absolute atomic E-state index is 13.4. The topological polar surface area (TPSA) is 12.0 Å². The van der Waals surface area contributed by atoms with Crippen LogP contribution in [0.1, 0.15) is 27.6 Å². The van der Waals surface area contributed by atoms with Crippen molar-refractivity contribution in [3.05, 3.63) is 57.0 Å². The standard InChI is InChI=1S/C14H13F4NS/c1-8-5-6-20-13(8)12(19-2)10-7-9(15)3-4-11(10)14(16,17)18/h3-7,12,19H,1-2H3. The van der Waals surface area contributed by atoms with E-state index in [1.807, 2.05) is 18.4 Å².